The van der Waals surface area contributed by atoms with E-state index in [0.29, 0.717) is 6.61 Å². The van der Waals surface area contributed by atoms with E-state index in [0.717, 1.165) is 38.5 Å². The van der Waals surface area contributed by atoms with Crippen LogP contribution in [0, 0.1) is 11.8 Å². The highest BCUT2D eigenvalue weighted by Gasteiger charge is 2.30. The lowest BCUT2D eigenvalue weighted by Crippen LogP contribution is -2.41. The van der Waals surface area contributed by atoms with Crippen molar-refractivity contribution in [3.8, 4) is 0 Å². The maximum Gasteiger partial charge on any atom is 0.308 e. The molecule has 0 aromatic carbocycles. The molecule has 108 valence electrons. The van der Waals surface area contributed by atoms with E-state index >= 15 is 0 Å². The minimum atomic E-state index is -0.0666. The van der Waals surface area contributed by atoms with Crippen LogP contribution in [0.5, 0.6) is 0 Å². The molecule has 19 heavy (non-hydrogen) atoms. The molecule has 2 aliphatic rings. The van der Waals surface area contributed by atoms with Crippen LogP contribution in [0.25, 0.3) is 0 Å². The number of carbonyl (C=O) groups excluding carboxylic acids is 2. The first kappa shape index (κ1) is 14.4. The van der Waals surface area contributed by atoms with Gasteiger partial charge in [0.15, 0.2) is 0 Å². The van der Waals surface area contributed by atoms with E-state index in [4.69, 9.17) is 4.74 Å². The molecule has 0 saturated heterocycles. The van der Waals surface area contributed by atoms with Crippen molar-refractivity contribution in [1.82, 2.24) is 5.32 Å². The maximum absolute atomic E-state index is 12.0. The maximum atomic E-state index is 12.0. The highest BCUT2D eigenvalue weighted by molar-refractivity contribution is 5.79. The van der Waals surface area contributed by atoms with E-state index in [2.05, 4.69) is 5.32 Å². The Labute approximate surface area is 115 Å². The molecule has 1 amide bonds. The monoisotopic (exact) mass is 267 g/mol. The van der Waals surface area contributed by atoms with Gasteiger partial charge in [-0.1, -0.05) is 12.8 Å². The number of nitrogens with one attached hydrogen (secondary N) is 1. The molecule has 0 aromatic rings. The van der Waals surface area contributed by atoms with Crippen LogP contribution in [-0.4, -0.2) is 24.5 Å². The molecule has 0 unspecified atom stereocenters. The normalized spacial score (nSPS) is 28.1. The van der Waals surface area contributed by atoms with Crippen LogP contribution in [0.1, 0.15) is 58.3 Å². The smallest absolute Gasteiger partial charge is 0.308 e. The summed E-state index contributed by atoms with van der Waals surface area (Å²) in [4.78, 5) is 23.7. The fourth-order valence-corrected chi connectivity index (χ4v) is 3.24. The molecule has 2 rings (SSSR count). The number of rotatable bonds is 4. The second-order valence-electron chi connectivity index (χ2n) is 5.79. The summed E-state index contributed by atoms with van der Waals surface area (Å²) in [5, 5.41) is 3.16. The SMILES string of the molecule is CCOC(=O)C1CCC(NC(=O)C2CCCC2)CC1. The zero-order valence-corrected chi connectivity index (χ0v) is 11.8. The Morgan fingerprint density at radius 3 is 2.21 bits per heavy atom. The quantitative estimate of drug-likeness (QED) is 0.796. The van der Waals surface area contributed by atoms with Gasteiger partial charge in [0, 0.05) is 12.0 Å². The standard InChI is InChI=1S/C15H25NO3/c1-2-19-15(18)12-7-9-13(10-8-12)16-14(17)11-5-3-4-6-11/h11-13H,2-10H2,1H3,(H,16,17). The van der Waals surface area contributed by atoms with E-state index < -0.39 is 0 Å². The van der Waals surface area contributed by atoms with Crippen molar-refractivity contribution in [1.29, 1.82) is 0 Å². The van der Waals surface area contributed by atoms with E-state index in [1.807, 2.05) is 6.92 Å². The van der Waals surface area contributed by atoms with Gasteiger partial charge in [0.1, 0.15) is 0 Å². The van der Waals surface area contributed by atoms with Gasteiger partial charge in [-0.3, -0.25) is 9.59 Å². The molecule has 0 aromatic heterocycles. The summed E-state index contributed by atoms with van der Waals surface area (Å²) in [6.45, 7) is 2.29. The Morgan fingerprint density at radius 2 is 1.63 bits per heavy atom. The van der Waals surface area contributed by atoms with Crippen molar-refractivity contribution >= 4 is 11.9 Å². The van der Waals surface area contributed by atoms with E-state index in [1.165, 1.54) is 12.8 Å². The predicted octanol–water partition coefficient (Wildman–Crippen LogP) is 2.41. The highest BCUT2D eigenvalue weighted by Crippen LogP contribution is 2.28. The summed E-state index contributed by atoms with van der Waals surface area (Å²) in [5.74, 6) is 0.447. The zero-order valence-electron chi connectivity index (χ0n) is 11.8. The van der Waals surface area contributed by atoms with Crippen molar-refractivity contribution in [2.24, 2.45) is 11.8 Å². The third-order valence-electron chi connectivity index (χ3n) is 4.42. The lowest BCUT2D eigenvalue weighted by atomic mass is 9.86. The largest absolute Gasteiger partial charge is 0.466 e. The van der Waals surface area contributed by atoms with Crippen LogP contribution in [0.2, 0.25) is 0 Å². The van der Waals surface area contributed by atoms with Crippen LogP contribution < -0.4 is 5.32 Å². The molecule has 4 nitrogen and oxygen atoms in total. The Morgan fingerprint density at radius 1 is 1.00 bits per heavy atom. The first-order valence-corrected chi connectivity index (χ1v) is 7.67. The molecule has 2 fully saturated rings. The molecule has 0 spiro atoms. The molecule has 0 heterocycles. The molecule has 1 N–H and O–H groups in total. The summed E-state index contributed by atoms with van der Waals surface area (Å²) in [6.07, 6.45) is 7.96. The number of hydrogen-bond acceptors (Lipinski definition) is 3. The Hall–Kier alpha value is -1.06. The minimum Gasteiger partial charge on any atom is -0.466 e. The molecular weight excluding hydrogens is 242 g/mol. The molecule has 0 aliphatic heterocycles. The number of ether oxygens (including phenoxy) is 1. The van der Waals surface area contributed by atoms with Gasteiger partial charge in [-0.25, -0.2) is 0 Å². The first-order chi connectivity index (χ1) is 9.20. The summed E-state index contributed by atoms with van der Waals surface area (Å²) in [5.41, 5.74) is 0. The molecule has 4 heteroatoms. The highest BCUT2D eigenvalue weighted by atomic mass is 16.5. The third kappa shape index (κ3) is 3.95. The predicted molar refractivity (Wildman–Crippen MR) is 72.5 cm³/mol. The van der Waals surface area contributed by atoms with Gasteiger partial charge >= 0.3 is 5.97 Å². The molecule has 0 radical (unpaired) electrons. The Balaban J connectivity index is 1.71. The van der Waals surface area contributed by atoms with Gasteiger partial charge in [-0.05, 0) is 45.4 Å². The van der Waals surface area contributed by atoms with E-state index in [1.54, 1.807) is 0 Å². The second-order valence-corrected chi connectivity index (χ2v) is 5.79. The van der Waals surface area contributed by atoms with Gasteiger partial charge in [0.25, 0.3) is 0 Å². The van der Waals surface area contributed by atoms with Gasteiger partial charge in [0.2, 0.25) is 5.91 Å². The fraction of sp³-hybridized carbons (Fsp3) is 0.867. The van der Waals surface area contributed by atoms with Crippen LogP contribution in [0.15, 0.2) is 0 Å². The second kappa shape index (κ2) is 6.92. The summed E-state index contributed by atoms with van der Waals surface area (Å²) < 4.78 is 5.05. The number of esters is 1. The Bertz CT molecular complexity index is 315. The van der Waals surface area contributed by atoms with Gasteiger partial charge in [0.05, 0.1) is 12.5 Å². The number of amides is 1. The van der Waals surface area contributed by atoms with Crippen molar-refractivity contribution in [2.75, 3.05) is 6.61 Å². The summed E-state index contributed by atoms with van der Waals surface area (Å²) in [6, 6.07) is 0.263. The van der Waals surface area contributed by atoms with Crippen LogP contribution in [0.3, 0.4) is 0 Å². The third-order valence-corrected chi connectivity index (χ3v) is 4.42. The van der Waals surface area contributed by atoms with Crippen LogP contribution in [-0.2, 0) is 14.3 Å². The molecule has 0 atom stereocenters. The summed E-state index contributed by atoms with van der Waals surface area (Å²) >= 11 is 0. The van der Waals surface area contributed by atoms with E-state index in [9.17, 15) is 9.59 Å². The molecule has 0 bridgehead atoms. The van der Waals surface area contributed by atoms with Crippen LogP contribution >= 0.6 is 0 Å². The van der Waals surface area contributed by atoms with E-state index in [-0.39, 0.29) is 29.8 Å². The van der Waals surface area contributed by atoms with Gasteiger partial charge in [-0.2, -0.15) is 0 Å². The minimum absolute atomic E-state index is 0.0413. The van der Waals surface area contributed by atoms with Gasteiger partial charge in [-0.15, -0.1) is 0 Å². The molecule has 2 aliphatic carbocycles. The average molecular weight is 267 g/mol. The summed E-state index contributed by atoms with van der Waals surface area (Å²) in [7, 11) is 0. The lowest BCUT2D eigenvalue weighted by Gasteiger charge is -2.28. The van der Waals surface area contributed by atoms with Crippen LogP contribution in [0.4, 0.5) is 0 Å². The topological polar surface area (TPSA) is 55.4 Å². The fourth-order valence-electron chi connectivity index (χ4n) is 3.24. The lowest BCUT2D eigenvalue weighted by molar-refractivity contribution is -0.149. The number of hydrogen-bond donors (Lipinski definition) is 1. The van der Waals surface area contributed by atoms with Crippen molar-refractivity contribution < 1.29 is 14.3 Å². The zero-order chi connectivity index (χ0) is 13.7. The average Bonchev–Trinajstić information content (AvgIpc) is 2.94. The van der Waals surface area contributed by atoms with Crippen molar-refractivity contribution in [3.63, 3.8) is 0 Å². The molecule has 2 saturated carbocycles. The van der Waals surface area contributed by atoms with Gasteiger partial charge < -0.3 is 10.1 Å². The number of carbonyl (C=O) groups is 2. The first-order valence-electron chi connectivity index (χ1n) is 7.67. The van der Waals surface area contributed by atoms with Crippen molar-refractivity contribution in [2.45, 2.75) is 64.3 Å². The molecular formula is C15H25NO3. The Kier molecular flexibility index (Phi) is 5.23. The van der Waals surface area contributed by atoms with Crippen molar-refractivity contribution in [3.05, 3.63) is 0 Å².